The lowest BCUT2D eigenvalue weighted by Gasteiger charge is -2.15. The van der Waals surface area contributed by atoms with E-state index in [0.29, 0.717) is 5.92 Å². The van der Waals surface area contributed by atoms with E-state index in [-0.39, 0.29) is 18.0 Å². The number of halogens is 1. The van der Waals surface area contributed by atoms with Gasteiger partial charge in [-0.05, 0) is 44.6 Å². The van der Waals surface area contributed by atoms with E-state index in [1.54, 1.807) is 16.7 Å². The van der Waals surface area contributed by atoms with E-state index >= 15 is 0 Å². The molecular weight excluding hydrogens is 288 g/mol. The molecule has 1 aliphatic rings. The van der Waals surface area contributed by atoms with Crippen LogP contribution in [0.4, 0.5) is 0 Å². The summed E-state index contributed by atoms with van der Waals surface area (Å²) >= 11 is 0. The summed E-state index contributed by atoms with van der Waals surface area (Å²) in [6.07, 6.45) is 2.97. The van der Waals surface area contributed by atoms with Gasteiger partial charge in [-0.15, -0.1) is 12.4 Å². The third-order valence-electron chi connectivity index (χ3n) is 3.87. The van der Waals surface area contributed by atoms with Crippen LogP contribution in [0.2, 0.25) is 0 Å². The van der Waals surface area contributed by atoms with Crippen LogP contribution in [0.3, 0.4) is 0 Å². The van der Waals surface area contributed by atoms with Crippen molar-refractivity contribution in [2.45, 2.75) is 13.0 Å². The van der Waals surface area contributed by atoms with Gasteiger partial charge >= 0.3 is 0 Å². The van der Waals surface area contributed by atoms with Crippen LogP contribution >= 0.6 is 12.4 Å². The number of likely N-dealkylation sites (tertiary alicyclic amines) is 1. The van der Waals surface area contributed by atoms with Crippen LogP contribution in [0.1, 0.15) is 12.1 Å². The standard InChI is InChI=1S/C15H20N4O.ClH/c1-16-9-12-5-7-18(10-12)11-13-8-15(20)19-6-3-2-4-14(19)17-13;/h2-4,6,8,12,16H,5,7,9-11H2,1H3;1H. The monoisotopic (exact) mass is 308 g/mol. The summed E-state index contributed by atoms with van der Waals surface area (Å²) in [5.41, 5.74) is 1.59. The second kappa shape index (κ2) is 7.02. The third-order valence-corrected chi connectivity index (χ3v) is 3.87. The van der Waals surface area contributed by atoms with Gasteiger partial charge in [-0.2, -0.15) is 0 Å². The Kier molecular flexibility index (Phi) is 5.33. The first-order valence-corrected chi connectivity index (χ1v) is 7.10. The van der Waals surface area contributed by atoms with Gasteiger partial charge in [-0.3, -0.25) is 14.1 Å². The molecule has 0 spiro atoms. The van der Waals surface area contributed by atoms with Crippen molar-refractivity contribution in [2.75, 3.05) is 26.7 Å². The topological polar surface area (TPSA) is 49.6 Å². The number of nitrogens with one attached hydrogen (secondary N) is 1. The summed E-state index contributed by atoms with van der Waals surface area (Å²) in [6.45, 7) is 3.99. The van der Waals surface area contributed by atoms with E-state index in [1.807, 2.05) is 25.2 Å². The summed E-state index contributed by atoms with van der Waals surface area (Å²) < 4.78 is 1.58. The van der Waals surface area contributed by atoms with Gasteiger partial charge in [0.2, 0.25) is 0 Å². The fourth-order valence-electron chi connectivity index (χ4n) is 2.92. The molecule has 0 aliphatic carbocycles. The minimum absolute atomic E-state index is 0. The molecule has 1 saturated heterocycles. The van der Waals surface area contributed by atoms with Crippen LogP contribution < -0.4 is 10.9 Å². The van der Waals surface area contributed by atoms with Crippen LogP contribution in [0.5, 0.6) is 0 Å². The lowest BCUT2D eigenvalue weighted by atomic mass is 10.1. The highest BCUT2D eigenvalue weighted by Gasteiger charge is 2.22. The van der Waals surface area contributed by atoms with Crippen LogP contribution in [0, 0.1) is 5.92 Å². The Labute approximate surface area is 130 Å². The first kappa shape index (κ1) is 15.9. The lowest BCUT2D eigenvalue weighted by Crippen LogP contribution is -2.25. The Balaban J connectivity index is 0.00000161. The predicted octanol–water partition coefficient (Wildman–Crippen LogP) is 1.16. The molecule has 3 heterocycles. The minimum atomic E-state index is -0.00317. The van der Waals surface area contributed by atoms with Gasteiger partial charge < -0.3 is 5.32 Å². The van der Waals surface area contributed by atoms with Gasteiger partial charge in [0.05, 0.1) is 5.69 Å². The zero-order valence-corrected chi connectivity index (χ0v) is 13.0. The molecule has 1 atom stereocenters. The molecule has 6 heteroatoms. The SMILES string of the molecule is CNCC1CCN(Cc2cc(=O)n3ccccc3n2)C1.Cl. The first-order valence-electron chi connectivity index (χ1n) is 7.10. The van der Waals surface area contributed by atoms with Gasteiger partial charge in [0.15, 0.2) is 0 Å². The molecule has 2 aromatic rings. The smallest absolute Gasteiger partial charge is 0.258 e. The largest absolute Gasteiger partial charge is 0.319 e. The predicted molar refractivity (Wildman–Crippen MR) is 86.0 cm³/mol. The van der Waals surface area contributed by atoms with E-state index in [9.17, 15) is 4.79 Å². The minimum Gasteiger partial charge on any atom is -0.319 e. The number of pyridine rings is 1. The van der Waals surface area contributed by atoms with Crippen molar-refractivity contribution in [3.63, 3.8) is 0 Å². The summed E-state index contributed by atoms with van der Waals surface area (Å²) in [5, 5.41) is 3.23. The summed E-state index contributed by atoms with van der Waals surface area (Å²) in [4.78, 5) is 19.0. The van der Waals surface area contributed by atoms with E-state index in [4.69, 9.17) is 0 Å². The zero-order valence-electron chi connectivity index (χ0n) is 12.2. The number of aromatic nitrogens is 2. The van der Waals surface area contributed by atoms with Gasteiger partial charge in [-0.25, -0.2) is 4.98 Å². The van der Waals surface area contributed by atoms with Crippen LogP contribution in [-0.4, -0.2) is 41.0 Å². The molecule has 0 aromatic carbocycles. The van der Waals surface area contributed by atoms with E-state index in [0.717, 1.165) is 37.5 Å². The maximum Gasteiger partial charge on any atom is 0.258 e. The molecule has 0 saturated carbocycles. The Morgan fingerprint density at radius 1 is 1.43 bits per heavy atom. The van der Waals surface area contributed by atoms with E-state index in [2.05, 4.69) is 15.2 Å². The molecular formula is C15H21ClN4O. The van der Waals surface area contributed by atoms with Gasteiger partial charge in [0.25, 0.3) is 5.56 Å². The number of nitrogens with zero attached hydrogens (tertiary/aromatic N) is 3. The lowest BCUT2D eigenvalue weighted by molar-refractivity contribution is 0.311. The number of fused-ring (bicyclic) bond motifs is 1. The molecule has 2 aromatic heterocycles. The fourth-order valence-corrected chi connectivity index (χ4v) is 2.92. The van der Waals surface area contributed by atoms with Gasteiger partial charge in [0, 0.05) is 25.4 Å². The number of rotatable bonds is 4. The van der Waals surface area contributed by atoms with Gasteiger partial charge in [-0.1, -0.05) is 6.07 Å². The number of hydrogen-bond acceptors (Lipinski definition) is 4. The number of hydrogen-bond donors (Lipinski definition) is 1. The molecule has 114 valence electrons. The highest BCUT2D eigenvalue weighted by atomic mass is 35.5. The average molecular weight is 309 g/mol. The van der Waals surface area contributed by atoms with Crippen molar-refractivity contribution in [3.8, 4) is 0 Å². The van der Waals surface area contributed by atoms with Crippen molar-refractivity contribution in [3.05, 3.63) is 46.5 Å². The third kappa shape index (κ3) is 3.61. The highest BCUT2D eigenvalue weighted by Crippen LogP contribution is 2.17. The Morgan fingerprint density at radius 2 is 2.29 bits per heavy atom. The Bertz CT molecular complexity index is 657. The Hall–Kier alpha value is -1.43. The van der Waals surface area contributed by atoms with Crippen LogP contribution in [0.15, 0.2) is 35.3 Å². The molecule has 1 N–H and O–H groups in total. The van der Waals surface area contributed by atoms with Crippen LogP contribution in [0.25, 0.3) is 5.65 Å². The maximum atomic E-state index is 12.0. The van der Waals surface area contributed by atoms with Crippen molar-refractivity contribution in [1.82, 2.24) is 19.6 Å². The second-order valence-electron chi connectivity index (χ2n) is 5.46. The van der Waals surface area contributed by atoms with Crippen LogP contribution in [-0.2, 0) is 6.54 Å². The first-order chi connectivity index (χ1) is 9.76. The second-order valence-corrected chi connectivity index (χ2v) is 5.46. The summed E-state index contributed by atoms with van der Waals surface area (Å²) in [6, 6.07) is 7.28. The molecule has 1 fully saturated rings. The highest BCUT2D eigenvalue weighted by molar-refractivity contribution is 5.85. The van der Waals surface area contributed by atoms with E-state index < -0.39 is 0 Å². The van der Waals surface area contributed by atoms with E-state index in [1.165, 1.54) is 6.42 Å². The van der Waals surface area contributed by atoms with Crippen molar-refractivity contribution < 1.29 is 0 Å². The molecule has 0 amide bonds. The molecule has 1 aliphatic heterocycles. The Morgan fingerprint density at radius 3 is 3.10 bits per heavy atom. The normalized spacial score (nSPS) is 18.8. The van der Waals surface area contributed by atoms with Crippen molar-refractivity contribution in [1.29, 1.82) is 0 Å². The zero-order chi connectivity index (χ0) is 13.9. The molecule has 21 heavy (non-hydrogen) atoms. The fraction of sp³-hybridized carbons (Fsp3) is 0.467. The summed E-state index contributed by atoms with van der Waals surface area (Å²) in [7, 11) is 1.99. The maximum absolute atomic E-state index is 12.0. The van der Waals surface area contributed by atoms with Crippen molar-refractivity contribution in [2.24, 2.45) is 5.92 Å². The summed E-state index contributed by atoms with van der Waals surface area (Å²) in [5.74, 6) is 0.710. The quantitative estimate of drug-likeness (QED) is 0.921. The molecule has 0 radical (unpaired) electrons. The molecule has 0 bridgehead atoms. The average Bonchev–Trinajstić information content (AvgIpc) is 2.87. The van der Waals surface area contributed by atoms with Crippen molar-refractivity contribution >= 4 is 18.1 Å². The molecule has 5 nitrogen and oxygen atoms in total. The molecule has 1 unspecified atom stereocenters. The molecule has 3 rings (SSSR count). The van der Waals surface area contributed by atoms with Gasteiger partial charge in [0.1, 0.15) is 5.65 Å².